The van der Waals surface area contributed by atoms with Crippen molar-refractivity contribution in [3.63, 3.8) is 0 Å². The lowest BCUT2D eigenvalue weighted by Crippen LogP contribution is -2.44. The Kier molecular flexibility index (Phi) is 5.63. The van der Waals surface area contributed by atoms with Crippen molar-refractivity contribution in [3.05, 3.63) is 23.9 Å². The lowest BCUT2D eigenvalue weighted by molar-refractivity contribution is -0.146. The summed E-state index contributed by atoms with van der Waals surface area (Å²) in [5.41, 5.74) is 1.01. The van der Waals surface area contributed by atoms with Crippen molar-refractivity contribution in [2.45, 2.75) is 38.8 Å². The number of likely N-dealkylation sites (tertiary alicyclic amines) is 1. The van der Waals surface area contributed by atoms with Crippen molar-refractivity contribution >= 4 is 12.6 Å². The maximum Gasteiger partial charge on any atom is 0.224 e. The predicted octanol–water partition coefficient (Wildman–Crippen LogP) is 1.87. The SMILES string of the molecule is C=NC=C(C=CC)CCN1C(=O)CCCC1O. The standard InChI is InChI=1S/C13H20N2O2/c1-3-5-11(10-14-2)8-9-15-12(16)6-4-7-13(15)17/h3,5,10,12,16H,2,4,6-9H2,1H3. The van der Waals surface area contributed by atoms with Crippen LogP contribution in [0.3, 0.4) is 0 Å². The van der Waals surface area contributed by atoms with Crippen LogP contribution in [0.4, 0.5) is 0 Å². The number of piperidine rings is 1. The van der Waals surface area contributed by atoms with E-state index in [4.69, 9.17) is 0 Å². The number of rotatable bonds is 5. The molecule has 1 rings (SSSR count). The van der Waals surface area contributed by atoms with Crippen molar-refractivity contribution in [3.8, 4) is 0 Å². The number of aliphatic hydroxyl groups is 1. The second-order valence-corrected chi connectivity index (χ2v) is 4.10. The van der Waals surface area contributed by atoms with E-state index in [9.17, 15) is 9.90 Å². The van der Waals surface area contributed by atoms with Crippen LogP contribution in [-0.2, 0) is 4.79 Å². The number of allylic oxidation sites excluding steroid dienone is 2. The van der Waals surface area contributed by atoms with Crippen LogP contribution >= 0.6 is 0 Å². The molecule has 0 aromatic carbocycles. The molecular formula is C13H20N2O2. The van der Waals surface area contributed by atoms with E-state index in [0.717, 1.165) is 12.0 Å². The Labute approximate surface area is 102 Å². The molecule has 1 amide bonds. The van der Waals surface area contributed by atoms with Gasteiger partial charge in [-0.1, -0.05) is 12.2 Å². The molecule has 1 atom stereocenters. The third-order valence-electron chi connectivity index (χ3n) is 2.81. The zero-order valence-corrected chi connectivity index (χ0v) is 10.3. The molecule has 17 heavy (non-hydrogen) atoms. The molecule has 1 aliphatic rings. The Morgan fingerprint density at radius 3 is 3.06 bits per heavy atom. The molecule has 1 N–H and O–H groups in total. The highest BCUT2D eigenvalue weighted by Gasteiger charge is 2.25. The summed E-state index contributed by atoms with van der Waals surface area (Å²) in [7, 11) is 0. The third-order valence-corrected chi connectivity index (χ3v) is 2.81. The van der Waals surface area contributed by atoms with Gasteiger partial charge in [-0.25, -0.2) is 0 Å². The Bertz CT molecular complexity index is 334. The quantitative estimate of drug-likeness (QED) is 0.585. The first-order valence-electron chi connectivity index (χ1n) is 5.94. The summed E-state index contributed by atoms with van der Waals surface area (Å²) in [5.74, 6) is 0.0372. The van der Waals surface area contributed by atoms with Crippen LogP contribution in [0.1, 0.15) is 32.6 Å². The monoisotopic (exact) mass is 236 g/mol. The van der Waals surface area contributed by atoms with Gasteiger partial charge in [0.15, 0.2) is 0 Å². The lowest BCUT2D eigenvalue weighted by atomic mass is 10.1. The highest BCUT2D eigenvalue weighted by atomic mass is 16.3. The van der Waals surface area contributed by atoms with Gasteiger partial charge in [0.25, 0.3) is 0 Å². The Balaban J connectivity index is 2.55. The van der Waals surface area contributed by atoms with Gasteiger partial charge in [0, 0.05) is 19.2 Å². The van der Waals surface area contributed by atoms with Crippen LogP contribution in [0.5, 0.6) is 0 Å². The van der Waals surface area contributed by atoms with Gasteiger partial charge in [-0.2, -0.15) is 0 Å². The number of nitrogens with zero attached hydrogens (tertiary/aromatic N) is 2. The van der Waals surface area contributed by atoms with Gasteiger partial charge in [0.1, 0.15) is 6.23 Å². The molecule has 0 aromatic rings. The highest BCUT2D eigenvalue weighted by Crippen LogP contribution is 2.17. The average molecular weight is 236 g/mol. The van der Waals surface area contributed by atoms with Crippen molar-refractivity contribution in [2.75, 3.05) is 6.54 Å². The Morgan fingerprint density at radius 2 is 2.47 bits per heavy atom. The third kappa shape index (κ3) is 4.15. The molecular weight excluding hydrogens is 216 g/mol. The Morgan fingerprint density at radius 1 is 1.71 bits per heavy atom. The van der Waals surface area contributed by atoms with Crippen molar-refractivity contribution in [1.29, 1.82) is 0 Å². The molecule has 4 nitrogen and oxygen atoms in total. The number of carbonyl (C=O) groups excluding carboxylic acids is 1. The van der Waals surface area contributed by atoms with Crippen molar-refractivity contribution in [2.24, 2.45) is 4.99 Å². The van der Waals surface area contributed by atoms with Gasteiger partial charge in [-0.3, -0.25) is 9.79 Å². The highest BCUT2D eigenvalue weighted by molar-refractivity contribution is 5.77. The van der Waals surface area contributed by atoms with Crippen molar-refractivity contribution < 1.29 is 9.90 Å². The second kappa shape index (κ2) is 7.01. The zero-order valence-electron chi connectivity index (χ0n) is 10.3. The van der Waals surface area contributed by atoms with E-state index >= 15 is 0 Å². The molecule has 0 radical (unpaired) electrons. The van der Waals surface area contributed by atoms with Crippen molar-refractivity contribution in [1.82, 2.24) is 4.90 Å². The molecule has 1 heterocycles. The normalized spacial score (nSPS) is 22.2. The first kappa shape index (κ1) is 13.6. The summed E-state index contributed by atoms with van der Waals surface area (Å²) >= 11 is 0. The maximum atomic E-state index is 11.6. The van der Waals surface area contributed by atoms with Crippen LogP contribution in [0, 0.1) is 0 Å². The molecule has 4 heteroatoms. The number of aliphatic imine (C=N–C) groups is 1. The first-order valence-corrected chi connectivity index (χ1v) is 5.94. The molecule has 1 unspecified atom stereocenters. The molecule has 94 valence electrons. The summed E-state index contributed by atoms with van der Waals surface area (Å²) < 4.78 is 0. The van der Waals surface area contributed by atoms with E-state index in [1.54, 1.807) is 11.1 Å². The average Bonchev–Trinajstić information content (AvgIpc) is 2.29. The molecule has 0 spiro atoms. The van der Waals surface area contributed by atoms with E-state index in [1.807, 2.05) is 19.1 Å². The van der Waals surface area contributed by atoms with Crippen LogP contribution in [0.2, 0.25) is 0 Å². The molecule has 1 aliphatic heterocycles. The fourth-order valence-corrected chi connectivity index (χ4v) is 1.95. The van der Waals surface area contributed by atoms with E-state index < -0.39 is 6.23 Å². The number of amides is 1. The van der Waals surface area contributed by atoms with Crippen LogP contribution in [0.15, 0.2) is 28.9 Å². The fourth-order valence-electron chi connectivity index (χ4n) is 1.95. The first-order chi connectivity index (χ1) is 8.19. The molecule has 0 aromatic heterocycles. The maximum absolute atomic E-state index is 11.6. The fraction of sp³-hybridized carbons (Fsp3) is 0.538. The van der Waals surface area contributed by atoms with E-state index in [1.165, 1.54) is 0 Å². The molecule has 0 saturated carbocycles. The summed E-state index contributed by atoms with van der Waals surface area (Å²) in [6.07, 6.45) is 7.60. The van der Waals surface area contributed by atoms with Gasteiger partial charge in [0.2, 0.25) is 5.91 Å². The van der Waals surface area contributed by atoms with Gasteiger partial charge < -0.3 is 10.0 Å². The number of aliphatic hydroxyl groups excluding tert-OH is 1. The number of hydrogen-bond donors (Lipinski definition) is 1. The number of hydrogen-bond acceptors (Lipinski definition) is 3. The molecule has 0 bridgehead atoms. The minimum atomic E-state index is -0.625. The molecule has 0 aliphatic carbocycles. The van der Waals surface area contributed by atoms with Crippen LogP contribution in [-0.4, -0.2) is 35.4 Å². The molecule has 1 saturated heterocycles. The van der Waals surface area contributed by atoms with E-state index in [0.29, 0.717) is 25.8 Å². The topological polar surface area (TPSA) is 52.9 Å². The second-order valence-electron chi connectivity index (χ2n) is 4.10. The zero-order chi connectivity index (χ0) is 12.7. The summed E-state index contributed by atoms with van der Waals surface area (Å²) in [5, 5.41) is 9.74. The smallest absolute Gasteiger partial charge is 0.224 e. The van der Waals surface area contributed by atoms with Gasteiger partial charge >= 0.3 is 0 Å². The van der Waals surface area contributed by atoms with E-state index in [-0.39, 0.29) is 5.91 Å². The molecule has 1 fully saturated rings. The summed E-state index contributed by atoms with van der Waals surface area (Å²) in [4.78, 5) is 16.9. The van der Waals surface area contributed by atoms with Gasteiger partial charge in [-0.15, -0.1) is 0 Å². The minimum Gasteiger partial charge on any atom is -0.374 e. The van der Waals surface area contributed by atoms with E-state index in [2.05, 4.69) is 11.7 Å². The van der Waals surface area contributed by atoms with Gasteiger partial charge in [-0.05, 0) is 38.5 Å². The van der Waals surface area contributed by atoms with Gasteiger partial charge in [0.05, 0.1) is 0 Å². The summed E-state index contributed by atoms with van der Waals surface area (Å²) in [6, 6.07) is 0. The van der Waals surface area contributed by atoms with Crippen LogP contribution in [0.25, 0.3) is 0 Å². The largest absolute Gasteiger partial charge is 0.374 e. The van der Waals surface area contributed by atoms with Crippen LogP contribution < -0.4 is 0 Å². The summed E-state index contributed by atoms with van der Waals surface area (Å²) in [6.45, 7) is 5.88. The lowest BCUT2D eigenvalue weighted by Gasteiger charge is -2.32. The Hall–Kier alpha value is -1.42. The predicted molar refractivity (Wildman–Crippen MR) is 68.6 cm³/mol. The minimum absolute atomic E-state index is 0.0372. The number of carbonyl (C=O) groups is 1.